The number of nitrogens with one attached hydrogen (secondary N) is 1. The third kappa shape index (κ3) is 6.79. The summed E-state index contributed by atoms with van der Waals surface area (Å²) in [6.07, 6.45) is 0.995. The molecule has 0 saturated heterocycles. The largest absolute Gasteiger partial charge is 0.272 e. The van der Waals surface area contributed by atoms with Crippen molar-refractivity contribution in [2.75, 3.05) is 11.5 Å². The topological polar surface area (TPSA) is 41.5 Å². The predicted octanol–water partition coefficient (Wildman–Crippen LogP) is 2.47. The fourth-order valence-corrected chi connectivity index (χ4v) is 1.98. The van der Waals surface area contributed by atoms with Crippen molar-refractivity contribution < 1.29 is 4.79 Å². The zero-order valence-electron chi connectivity index (χ0n) is 10.3. The van der Waals surface area contributed by atoms with Crippen LogP contribution in [-0.4, -0.2) is 23.1 Å². The number of amides is 1. The van der Waals surface area contributed by atoms with Crippen molar-refractivity contribution in [1.82, 2.24) is 5.43 Å². The molecule has 0 aliphatic rings. The van der Waals surface area contributed by atoms with Gasteiger partial charge < -0.3 is 0 Å². The Morgan fingerprint density at radius 3 is 2.65 bits per heavy atom. The maximum atomic E-state index is 11.3. The lowest BCUT2D eigenvalue weighted by molar-refractivity contribution is -0.118. The molecular weight excluding hydrogens is 232 g/mol. The molecule has 1 aromatic carbocycles. The number of carbonyl (C=O) groups is 1. The minimum absolute atomic E-state index is 0.0377. The van der Waals surface area contributed by atoms with Crippen LogP contribution in [0.5, 0.6) is 0 Å². The lowest BCUT2D eigenvalue weighted by Gasteiger charge is -2.02. The van der Waals surface area contributed by atoms with E-state index in [0.29, 0.717) is 5.75 Å². The number of aryl methyl sites for hydroxylation is 1. The van der Waals surface area contributed by atoms with Gasteiger partial charge in [0.2, 0.25) is 5.91 Å². The van der Waals surface area contributed by atoms with Gasteiger partial charge in [-0.1, -0.05) is 30.3 Å². The van der Waals surface area contributed by atoms with E-state index in [9.17, 15) is 4.79 Å². The Balaban J connectivity index is 2.12. The number of thioether (sulfide) groups is 1. The van der Waals surface area contributed by atoms with E-state index in [4.69, 9.17) is 0 Å². The van der Waals surface area contributed by atoms with Crippen molar-refractivity contribution in [3.05, 3.63) is 35.9 Å². The molecule has 0 atom stereocenters. The van der Waals surface area contributed by atoms with E-state index in [0.717, 1.165) is 17.9 Å². The van der Waals surface area contributed by atoms with Gasteiger partial charge in [0.25, 0.3) is 0 Å². The molecule has 0 radical (unpaired) electrons. The molecule has 92 valence electrons. The van der Waals surface area contributed by atoms with Crippen molar-refractivity contribution >= 4 is 23.4 Å². The van der Waals surface area contributed by atoms with E-state index in [2.05, 4.69) is 22.7 Å². The highest BCUT2D eigenvalue weighted by molar-refractivity contribution is 7.99. The van der Waals surface area contributed by atoms with Crippen LogP contribution in [0.15, 0.2) is 35.4 Å². The van der Waals surface area contributed by atoms with Crippen LogP contribution >= 0.6 is 11.8 Å². The zero-order chi connectivity index (χ0) is 12.5. The third-order valence-corrected chi connectivity index (χ3v) is 2.97. The Labute approximate surface area is 107 Å². The summed E-state index contributed by atoms with van der Waals surface area (Å²) in [5.74, 6) is 1.37. The van der Waals surface area contributed by atoms with Crippen LogP contribution < -0.4 is 5.43 Å². The lowest BCUT2D eigenvalue weighted by atomic mass is 10.2. The molecule has 1 aromatic rings. The average molecular weight is 250 g/mol. The Hall–Kier alpha value is -1.29. The first kappa shape index (κ1) is 13.8. The molecule has 0 aromatic heterocycles. The van der Waals surface area contributed by atoms with Gasteiger partial charge >= 0.3 is 0 Å². The van der Waals surface area contributed by atoms with Crippen molar-refractivity contribution in [3.63, 3.8) is 0 Å². The molecule has 0 bridgehead atoms. The van der Waals surface area contributed by atoms with Crippen LogP contribution in [0.25, 0.3) is 0 Å². The molecule has 0 fully saturated rings. The quantitative estimate of drug-likeness (QED) is 0.479. The Morgan fingerprint density at radius 2 is 2.00 bits per heavy atom. The molecule has 0 aliphatic heterocycles. The van der Waals surface area contributed by atoms with Crippen molar-refractivity contribution in [2.24, 2.45) is 5.10 Å². The first-order chi connectivity index (χ1) is 8.18. The second kappa shape index (κ2) is 7.90. The van der Waals surface area contributed by atoms with E-state index in [1.807, 2.05) is 32.0 Å². The normalized spacial score (nSPS) is 9.76. The van der Waals surface area contributed by atoms with Crippen LogP contribution in [-0.2, 0) is 11.2 Å². The summed E-state index contributed by atoms with van der Waals surface area (Å²) in [5, 5.41) is 3.87. The molecule has 0 unspecified atom stereocenters. The number of hydrogen-bond acceptors (Lipinski definition) is 3. The van der Waals surface area contributed by atoms with Crippen LogP contribution in [0.4, 0.5) is 0 Å². The van der Waals surface area contributed by atoms with E-state index < -0.39 is 0 Å². The molecule has 0 heterocycles. The average Bonchev–Trinajstić information content (AvgIpc) is 2.33. The summed E-state index contributed by atoms with van der Waals surface area (Å²) in [5.41, 5.74) is 4.67. The fourth-order valence-electron chi connectivity index (χ4n) is 1.21. The molecule has 1 N–H and O–H groups in total. The highest BCUT2D eigenvalue weighted by Crippen LogP contribution is 2.06. The molecule has 0 spiro atoms. The summed E-state index contributed by atoms with van der Waals surface area (Å²) in [4.78, 5) is 11.3. The van der Waals surface area contributed by atoms with Crippen LogP contribution in [0.1, 0.15) is 19.4 Å². The van der Waals surface area contributed by atoms with E-state index >= 15 is 0 Å². The molecule has 0 aliphatic carbocycles. The van der Waals surface area contributed by atoms with Gasteiger partial charge in [0.1, 0.15) is 0 Å². The summed E-state index contributed by atoms with van der Waals surface area (Å²) in [7, 11) is 0. The summed E-state index contributed by atoms with van der Waals surface area (Å²) in [6.45, 7) is 3.70. The van der Waals surface area contributed by atoms with Gasteiger partial charge in [-0.2, -0.15) is 16.9 Å². The minimum Gasteiger partial charge on any atom is -0.272 e. The molecular formula is C13H18N2OS. The minimum atomic E-state index is -0.0377. The van der Waals surface area contributed by atoms with Crippen LogP contribution in [0.2, 0.25) is 0 Å². The third-order valence-electron chi connectivity index (χ3n) is 2.02. The van der Waals surface area contributed by atoms with Crippen molar-refractivity contribution in [3.8, 4) is 0 Å². The highest BCUT2D eigenvalue weighted by Gasteiger charge is 1.99. The second-order valence-electron chi connectivity index (χ2n) is 3.88. The summed E-state index contributed by atoms with van der Waals surface area (Å²) in [6, 6.07) is 10.3. The summed E-state index contributed by atoms with van der Waals surface area (Å²) >= 11 is 1.63. The highest BCUT2D eigenvalue weighted by atomic mass is 32.2. The van der Waals surface area contributed by atoms with E-state index in [-0.39, 0.29) is 5.91 Å². The molecule has 0 saturated carbocycles. The first-order valence-corrected chi connectivity index (χ1v) is 6.75. The standard InChI is InChI=1S/C13H18N2OS/c1-11(2)14-15-13(16)10-17-9-8-12-6-4-3-5-7-12/h3-7H,8-10H2,1-2H3,(H,15,16). The molecule has 1 rings (SSSR count). The first-order valence-electron chi connectivity index (χ1n) is 5.60. The second-order valence-corrected chi connectivity index (χ2v) is 4.99. The maximum absolute atomic E-state index is 11.3. The monoisotopic (exact) mass is 250 g/mol. The Bertz CT molecular complexity index is 372. The van der Waals surface area contributed by atoms with Gasteiger partial charge in [0.15, 0.2) is 0 Å². The number of rotatable bonds is 6. The van der Waals surface area contributed by atoms with E-state index in [1.54, 1.807) is 11.8 Å². The number of carbonyl (C=O) groups excluding carboxylic acids is 1. The Kier molecular flexibility index (Phi) is 6.40. The molecule has 1 amide bonds. The van der Waals surface area contributed by atoms with E-state index in [1.165, 1.54) is 5.56 Å². The van der Waals surface area contributed by atoms with Gasteiger partial charge in [-0.25, -0.2) is 5.43 Å². The number of hydrazone groups is 1. The number of nitrogens with zero attached hydrogens (tertiary/aromatic N) is 1. The molecule has 4 heteroatoms. The lowest BCUT2D eigenvalue weighted by Crippen LogP contribution is -2.20. The van der Waals surface area contributed by atoms with Crippen molar-refractivity contribution in [2.45, 2.75) is 20.3 Å². The van der Waals surface area contributed by atoms with Gasteiger partial charge in [-0.05, 0) is 31.6 Å². The number of hydrogen-bond donors (Lipinski definition) is 1. The van der Waals surface area contributed by atoms with Crippen LogP contribution in [0.3, 0.4) is 0 Å². The maximum Gasteiger partial charge on any atom is 0.250 e. The fraction of sp³-hybridized carbons (Fsp3) is 0.385. The smallest absolute Gasteiger partial charge is 0.250 e. The van der Waals surface area contributed by atoms with Gasteiger partial charge in [0, 0.05) is 5.71 Å². The predicted molar refractivity (Wildman–Crippen MR) is 74.4 cm³/mol. The van der Waals surface area contributed by atoms with Gasteiger partial charge in [-0.3, -0.25) is 4.79 Å². The Morgan fingerprint density at radius 1 is 1.29 bits per heavy atom. The van der Waals surface area contributed by atoms with Crippen molar-refractivity contribution in [1.29, 1.82) is 0 Å². The van der Waals surface area contributed by atoms with Gasteiger partial charge in [0.05, 0.1) is 5.75 Å². The molecule has 3 nitrogen and oxygen atoms in total. The van der Waals surface area contributed by atoms with Crippen LogP contribution in [0, 0.1) is 0 Å². The molecule has 17 heavy (non-hydrogen) atoms. The SMILES string of the molecule is CC(C)=NNC(=O)CSCCc1ccccc1. The zero-order valence-corrected chi connectivity index (χ0v) is 11.1. The van der Waals surface area contributed by atoms with Gasteiger partial charge in [-0.15, -0.1) is 0 Å². The summed E-state index contributed by atoms with van der Waals surface area (Å²) < 4.78 is 0. The number of benzene rings is 1.